The van der Waals surface area contributed by atoms with E-state index < -0.39 is 0 Å². The highest BCUT2D eigenvalue weighted by atomic mass is 16.5. The lowest BCUT2D eigenvalue weighted by Gasteiger charge is -2.08. The van der Waals surface area contributed by atoms with Gasteiger partial charge in [-0.25, -0.2) is 0 Å². The van der Waals surface area contributed by atoms with Crippen molar-refractivity contribution in [2.75, 3.05) is 7.11 Å². The molecule has 0 bridgehead atoms. The van der Waals surface area contributed by atoms with Gasteiger partial charge in [0.15, 0.2) is 5.43 Å². The maximum absolute atomic E-state index is 12.6. The lowest BCUT2D eigenvalue weighted by atomic mass is 10.0. The molecule has 3 heteroatoms. The van der Waals surface area contributed by atoms with E-state index in [1.807, 2.05) is 55.5 Å². The van der Waals surface area contributed by atoms with Gasteiger partial charge in [0.05, 0.1) is 7.11 Å². The molecule has 0 unspecified atom stereocenters. The highest BCUT2D eigenvalue weighted by molar-refractivity contribution is 5.79. The standard InChI is InChI=1S/C18H17NO2/c1-12-16(11-13-7-9-14(21-2)10-8-13)18(20)15-5-3-4-6-17(15)19-12/h3-10H,11H2,1-2H3,(H,19,20). The minimum absolute atomic E-state index is 0.109. The van der Waals surface area contributed by atoms with Crippen molar-refractivity contribution in [3.8, 4) is 5.75 Å². The Bertz CT molecular complexity index is 832. The summed E-state index contributed by atoms with van der Waals surface area (Å²) in [4.78, 5) is 15.9. The SMILES string of the molecule is COc1ccc(Cc2c(C)[nH]c3ccccc3c2=O)cc1. The zero-order valence-electron chi connectivity index (χ0n) is 12.1. The minimum atomic E-state index is 0.109. The number of hydrogen-bond acceptors (Lipinski definition) is 2. The van der Waals surface area contributed by atoms with E-state index in [4.69, 9.17) is 4.74 Å². The quantitative estimate of drug-likeness (QED) is 0.798. The Balaban J connectivity index is 2.05. The van der Waals surface area contributed by atoms with Crippen LogP contribution < -0.4 is 10.2 Å². The van der Waals surface area contributed by atoms with Crippen LogP contribution in [-0.4, -0.2) is 12.1 Å². The molecule has 1 heterocycles. The van der Waals surface area contributed by atoms with E-state index in [0.717, 1.165) is 33.5 Å². The number of aromatic amines is 1. The molecule has 0 fully saturated rings. The topological polar surface area (TPSA) is 42.1 Å². The van der Waals surface area contributed by atoms with Crippen LogP contribution in [0.25, 0.3) is 10.9 Å². The summed E-state index contributed by atoms with van der Waals surface area (Å²) in [6, 6.07) is 15.4. The van der Waals surface area contributed by atoms with E-state index in [0.29, 0.717) is 6.42 Å². The van der Waals surface area contributed by atoms with Gasteiger partial charge in [-0.05, 0) is 36.8 Å². The summed E-state index contributed by atoms with van der Waals surface area (Å²) in [5.41, 5.74) is 3.84. The summed E-state index contributed by atoms with van der Waals surface area (Å²) < 4.78 is 5.16. The Hall–Kier alpha value is -2.55. The predicted octanol–water partition coefficient (Wildman–Crippen LogP) is 3.44. The number of methoxy groups -OCH3 is 1. The summed E-state index contributed by atoms with van der Waals surface area (Å²) in [5.74, 6) is 0.822. The molecule has 0 aliphatic carbocycles. The third-order valence-corrected chi connectivity index (χ3v) is 3.76. The molecule has 0 aliphatic rings. The number of para-hydroxylation sites is 1. The van der Waals surface area contributed by atoms with E-state index >= 15 is 0 Å². The second-order valence-corrected chi connectivity index (χ2v) is 5.13. The van der Waals surface area contributed by atoms with Crippen LogP contribution in [0.3, 0.4) is 0 Å². The van der Waals surface area contributed by atoms with Crippen LogP contribution in [-0.2, 0) is 6.42 Å². The van der Waals surface area contributed by atoms with E-state index in [1.54, 1.807) is 7.11 Å². The fourth-order valence-corrected chi connectivity index (χ4v) is 2.56. The average Bonchev–Trinajstić information content (AvgIpc) is 2.52. The number of aryl methyl sites for hydroxylation is 1. The summed E-state index contributed by atoms with van der Waals surface area (Å²) in [7, 11) is 1.65. The first-order valence-corrected chi connectivity index (χ1v) is 6.92. The van der Waals surface area contributed by atoms with Crippen LogP contribution in [0.5, 0.6) is 5.75 Å². The average molecular weight is 279 g/mol. The molecule has 3 nitrogen and oxygen atoms in total. The van der Waals surface area contributed by atoms with E-state index in [2.05, 4.69) is 4.98 Å². The predicted molar refractivity (Wildman–Crippen MR) is 85.1 cm³/mol. The summed E-state index contributed by atoms with van der Waals surface area (Å²) in [6.07, 6.45) is 0.621. The van der Waals surface area contributed by atoms with Crippen molar-refractivity contribution in [1.82, 2.24) is 4.98 Å². The highest BCUT2D eigenvalue weighted by Crippen LogP contribution is 2.17. The number of nitrogens with one attached hydrogen (secondary N) is 1. The molecule has 3 rings (SSSR count). The summed E-state index contributed by atoms with van der Waals surface area (Å²) in [6.45, 7) is 1.95. The molecule has 0 saturated heterocycles. The maximum atomic E-state index is 12.6. The Labute approximate surface area is 123 Å². The highest BCUT2D eigenvalue weighted by Gasteiger charge is 2.09. The Morgan fingerprint density at radius 2 is 1.76 bits per heavy atom. The van der Waals surface area contributed by atoms with Crippen molar-refractivity contribution in [1.29, 1.82) is 0 Å². The number of benzene rings is 2. The molecular weight excluding hydrogens is 262 g/mol. The van der Waals surface area contributed by atoms with Gasteiger partial charge in [0.1, 0.15) is 5.75 Å². The van der Waals surface area contributed by atoms with Crippen LogP contribution in [0.4, 0.5) is 0 Å². The van der Waals surface area contributed by atoms with Gasteiger partial charge in [-0.15, -0.1) is 0 Å². The van der Waals surface area contributed by atoms with Crippen molar-refractivity contribution in [2.45, 2.75) is 13.3 Å². The molecule has 0 spiro atoms. The number of aromatic nitrogens is 1. The number of H-pyrrole nitrogens is 1. The van der Waals surface area contributed by atoms with Crippen LogP contribution in [0.1, 0.15) is 16.8 Å². The Morgan fingerprint density at radius 1 is 1.05 bits per heavy atom. The number of hydrogen-bond donors (Lipinski definition) is 1. The van der Waals surface area contributed by atoms with Crippen LogP contribution >= 0.6 is 0 Å². The fraction of sp³-hybridized carbons (Fsp3) is 0.167. The van der Waals surface area contributed by atoms with Crippen molar-refractivity contribution >= 4 is 10.9 Å². The van der Waals surface area contributed by atoms with Gasteiger partial charge in [-0.3, -0.25) is 4.79 Å². The van der Waals surface area contributed by atoms with Crippen molar-refractivity contribution < 1.29 is 4.74 Å². The van der Waals surface area contributed by atoms with Crippen molar-refractivity contribution in [3.63, 3.8) is 0 Å². The first-order valence-electron chi connectivity index (χ1n) is 6.92. The van der Waals surface area contributed by atoms with Crippen molar-refractivity contribution in [2.24, 2.45) is 0 Å². The second kappa shape index (κ2) is 5.44. The lowest BCUT2D eigenvalue weighted by molar-refractivity contribution is 0.414. The first kappa shape index (κ1) is 13.4. The summed E-state index contributed by atoms with van der Waals surface area (Å²) in [5, 5.41) is 0.742. The largest absolute Gasteiger partial charge is 0.497 e. The Morgan fingerprint density at radius 3 is 2.48 bits per heavy atom. The molecule has 0 radical (unpaired) electrons. The third-order valence-electron chi connectivity index (χ3n) is 3.76. The number of pyridine rings is 1. The molecule has 1 N–H and O–H groups in total. The molecule has 0 aliphatic heterocycles. The molecule has 0 amide bonds. The summed E-state index contributed by atoms with van der Waals surface area (Å²) >= 11 is 0. The van der Waals surface area contributed by atoms with Crippen LogP contribution in [0, 0.1) is 6.92 Å². The van der Waals surface area contributed by atoms with Crippen LogP contribution in [0.15, 0.2) is 53.3 Å². The van der Waals surface area contributed by atoms with Gasteiger partial charge in [0, 0.05) is 28.6 Å². The number of fused-ring (bicyclic) bond motifs is 1. The van der Waals surface area contributed by atoms with Crippen LogP contribution in [0.2, 0.25) is 0 Å². The zero-order valence-corrected chi connectivity index (χ0v) is 12.1. The normalized spacial score (nSPS) is 10.8. The molecule has 3 aromatic rings. The smallest absolute Gasteiger partial charge is 0.193 e. The van der Waals surface area contributed by atoms with E-state index in [1.165, 1.54) is 0 Å². The zero-order chi connectivity index (χ0) is 14.8. The molecule has 1 aromatic heterocycles. The van der Waals surface area contributed by atoms with Gasteiger partial charge in [-0.1, -0.05) is 24.3 Å². The Kier molecular flexibility index (Phi) is 3.48. The van der Waals surface area contributed by atoms with Crippen molar-refractivity contribution in [3.05, 3.63) is 75.6 Å². The second-order valence-electron chi connectivity index (χ2n) is 5.13. The molecule has 0 saturated carbocycles. The van der Waals surface area contributed by atoms with Gasteiger partial charge in [0.2, 0.25) is 0 Å². The van der Waals surface area contributed by atoms with Gasteiger partial charge in [0.25, 0.3) is 0 Å². The van der Waals surface area contributed by atoms with Gasteiger partial charge in [-0.2, -0.15) is 0 Å². The van der Waals surface area contributed by atoms with Gasteiger partial charge < -0.3 is 9.72 Å². The monoisotopic (exact) mass is 279 g/mol. The van der Waals surface area contributed by atoms with E-state index in [-0.39, 0.29) is 5.43 Å². The lowest BCUT2D eigenvalue weighted by Crippen LogP contribution is -2.13. The maximum Gasteiger partial charge on any atom is 0.193 e. The molecule has 0 atom stereocenters. The fourth-order valence-electron chi connectivity index (χ4n) is 2.56. The van der Waals surface area contributed by atoms with E-state index in [9.17, 15) is 4.79 Å². The van der Waals surface area contributed by atoms with Gasteiger partial charge >= 0.3 is 0 Å². The molecular formula is C18H17NO2. The molecule has 106 valence electrons. The number of ether oxygens (including phenoxy) is 1. The molecule has 21 heavy (non-hydrogen) atoms. The molecule has 2 aromatic carbocycles. The first-order chi connectivity index (χ1) is 10.2. The third kappa shape index (κ3) is 2.55. The number of rotatable bonds is 3. The minimum Gasteiger partial charge on any atom is -0.497 e.